The number of carbonyl (C=O) groups excluding carboxylic acids is 1. The molecule has 7 nitrogen and oxygen atoms in total. The van der Waals surface area contributed by atoms with Gasteiger partial charge in [0.15, 0.2) is 0 Å². The smallest absolute Gasteiger partial charge is 0.325 e. The maximum Gasteiger partial charge on any atom is 0.325 e. The number of aryl methyl sites for hydroxylation is 1. The van der Waals surface area contributed by atoms with Gasteiger partial charge in [-0.2, -0.15) is 0 Å². The molecule has 0 aliphatic carbocycles. The summed E-state index contributed by atoms with van der Waals surface area (Å²) in [6.45, 7) is 10.8. The molecule has 2 aromatic carbocycles. The van der Waals surface area contributed by atoms with Crippen molar-refractivity contribution in [2.45, 2.75) is 33.7 Å². The minimum Gasteiger partial charge on any atom is -0.480 e. The largest absolute Gasteiger partial charge is 0.480 e. The van der Waals surface area contributed by atoms with Crippen LogP contribution in [0.5, 0.6) is 0 Å². The number of anilines is 2. The maximum absolute atomic E-state index is 12.4. The number of aliphatic carboxylic acids is 1. The predicted octanol–water partition coefficient (Wildman–Crippen LogP) is 4.33. The van der Waals surface area contributed by atoms with E-state index < -0.39 is 12.0 Å². The van der Waals surface area contributed by atoms with Gasteiger partial charge in [0, 0.05) is 66.1 Å². The molecule has 1 saturated heterocycles. The number of carboxylic acids is 1. The van der Waals surface area contributed by atoms with Gasteiger partial charge in [-0.25, -0.2) is 0 Å². The topological polar surface area (TPSA) is 88.7 Å². The zero-order valence-electron chi connectivity index (χ0n) is 19.7. The van der Waals surface area contributed by atoms with Gasteiger partial charge >= 0.3 is 5.97 Å². The maximum atomic E-state index is 12.4. The molecule has 0 unspecified atom stereocenters. The first-order valence-corrected chi connectivity index (χ1v) is 11.5. The van der Waals surface area contributed by atoms with Crippen LogP contribution in [-0.2, 0) is 9.59 Å². The van der Waals surface area contributed by atoms with Crippen LogP contribution in [0.4, 0.5) is 11.4 Å². The average Bonchev–Trinajstić information content (AvgIpc) is 3.19. The number of amides is 1. The molecule has 3 aromatic rings. The molecule has 1 atom stereocenters. The normalized spacial score (nSPS) is 15.7. The molecular weight excluding hydrogens is 416 g/mol. The fourth-order valence-electron chi connectivity index (χ4n) is 4.52. The summed E-state index contributed by atoms with van der Waals surface area (Å²) < 4.78 is 0. The van der Waals surface area contributed by atoms with Crippen LogP contribution in [0.2, 0.25) is 0 Å². The molecule has 7 heteroatoms. The Kier molecular flexibility index (Phi) is 6.42. The van der Waals surface area contributed by atoms with Crippen molar-refractivity contribution in [3.8, 4) is 0 Å². The van der Waals surface area contributed by atoms with E-state index in [1.54, 1.807) is 6.20 Å². The molecular formula is C26H32N4O3. The lowest BCUT2D eigenvalue weighted by atomic mass is 10.0. The Hall–Kier alpha value is -3.32. The molecule has 33 heavy (non-hydrogen) atoms. The second kappa shape index (κ2) is 9.27. The molecule has 2 heterocycles. The van der Waals surface area contributed by atoms with Gasteiger partial charge in [0.05, 0.1) is 0 Å². The molecule has 1 amide bonds. The number of nitrogens with one attached hydrogen (secondary N) is 2. The lowest BCUT2D eigenvalue weighted by Gasteiger charge is -2.39. The van der Waals surface area contributed by atoms with Gasteiger partial charge in [0.25, 0.3) is 0 Å². The summed E-state index contributed by atoms with van der Waals surface area (Å²) in [4.78, 5) is 32.0. The van der Waals surface area contributed by atoms with Gasteiger partial charge in [0.2, 0.25) is 5.91 Å². The van der Waals surface area contributed by atoms with E-state index in [-0.39, 0.29) is 11.8 Å². The van der Waals surface area contributed by atoms with E-state index in [1.807, 2.05) is 36.9 Å². The first kappa shape index (κ1) is 22.9. The highest BCUT2D eigenvalue weighted by molar-refractivity contribution is 5.96. The van der Waals surface area contributed by atoms with Crippen LogP contribution >= 0.6 is 0 Å². The Bertz CT molecular complexity index is 1180. The third kappa shape index (κ3) is 4.59. The van der Waals surface area contributed by atoms with E-state index in [4.69, 9.17) is 0 Å². The number of rotatable bonds is 6. The second-order valence-electron chi connectivity index (χ2n) is 9.13. The number of aromatic nitrogens is 1. The highest BCUT2D eigenvalue weighted by atomic mass is 16.4. The quantitative estimate of drug-likeness (QED) is 0.522. The van der Waals surface area contributed by atoms with E-state index in [0.717, 1.165) is 29.6 Å². The van der Waals surface area contributed by atoms with Gasteiger partial charge in [-0.1, -0.05) is 32.0 Å². The summed E-state index contributed by atoms with van der Waals surface area (Å²) in [6.07, 6.45) is 1.79. The Labute approximate surface area is 194 Å². The fourth-order valence-corrected chi connectivity index (χ4v) is 4.52. The number of carboxylic acid groups (broad SMARTS) is 1. The van der Waals surface area contributed by atoms with Gasteiger partial charge in [-0.05, 0) is 43.2 Å². The first-order valence-electron chi connectivity index (χ1n) is 11.5. The highest BCUT2D eigenvalue weighted by Gasteiger charge is 2.32. The molecule has 1 aromatic heterocycles. The number of nitrogens with zero attached hydrogens (tertiary/aromatic N) is 2. The van der Waals surface area contributed by atoms with Gasteiger partial charge < -0.3 is 20.3 Å². The molecule has 1 aliphatic rings. The van der Waals surface area contributed by atoms with Crippen LogP contribution < -0.4 is 10.2 Å². The highest BCUT2D eigenvalue weighted by Crippen LogP contribution is 2.32. The zero-order chi connectivity index (χ0) is 23.7. The Morgan fingerprint density at radius 3 is 2.45 bits per heavy atom. The molecule has 0 radical (unpaired) electrons. The summed E-state index contributed by atoms with van der Waals surface area (Å²) in [5, 5.41) is 13.9. The van der Waals surface area contributed by atoms with Crippen LogP contribution in [0, 0.1) is 19.8 Å². The van der Waals surface area contributed by atoms with Gasteiger partial charge in [-0.15, -0.1) is 0 Å². The Balaban J connectivity index is 1.54. The molecule has 3 N–H and O–H groups in total. The number of hydrogen-bond acceptors (Lipinski definition) is 4. The number of carbonyl (C=O) groups is 2. The lowest BCUT2D eigenvalue weighted by Crippen LogP contribution is -2.49. The van der Waals surface area contributed by atoms with Crippen molar-refractivity contribution < 1.29 is 14.7 Å². The van der Waals surface area contributed by atoms with Crippen molar-refractivity contribution in [2.75, 3.05) is 36.4 Å². The minimum atomic E-state index is -0.853. The summed E-state index contributed by atoms with van der Waals surface area (Å²) in [5.41, 5.74) is 6.03. The molecule has 4 rings (SSSR count). The van der Waals surface area contributed by atoms with E-state index in [1.165, 1.54) is 16.8 Å². The number of fused-ring (bicyclic) bond motifs is 1. The third-order valence-electron chi connectivity index (χ3n) is 6.63. The van der Waals surface area contributed by atoms with Crippen molar-refractivity contribution in [3.05, 3.63) is 59.3 Å². The number of piperazine rings is 1. The van der Waals surface area contributed by atoms with Crippen LogP contribution in [0.3, 0.4) is 0 Å². The zero-order valence-corrected chi connectivity index (χ0v) is 19.7. The van der Waals surface area contributed by atoms with Gasteiger partial charge in [0.1, 0.15) is 6.04 Å². The second-order valence-corrected chi connectivity index (χ2v) is 9.13. The number of H-pyrrole nitrogens is 1. The van der Waals surface area contributed by atoms with Crippen LogP contribution in [-0.4, -0.2) is 53.0 Å². The molecule has 0 spiro atoms. The molecule has 174 valence electrons. The van der Waals surface area contributed by atoms with Crippen molar-refractivity contribution in [3.63, 3.8) is 0 Å². The van der Waals surface area contributed by atoms with Crippen LogP contribution in [0.1, 0.15) is 36.6 Å². The summed E-state index contributed by atoms with van der Waals surface area (Å²) >= 11 is 0. The van der Waals surface area contributed by atoms with E-state index >= 15 is 0 Å². The predicted molar refractivity (Wildman–Crippen MR) is 132 cm³/mol. The standard InChI is InChI=1S/C26H32N4O3/c1-16(2)25(31)28-19-8-9-20-21(15-27-22(20)14-19)24(26(32)33)30-12-10-29(11-13-30)23-7-5-6-17(3)18(23)4/h5-9,14-16,24,27H,10-13H2,1-4H3,(H,28,31)(H,32,33)/t24-/m1/s1. The first-order chi connectivity index (χ1) is 15.8. The minimum absolute atomic E-state index is 0.0498. The van der Waals surface area contributed by atoms with Crippen LogP contribution in [0.25, 0.3) is 10.9 Å². The van der Waals surface area contributed by atoms with Gasteiger partial charge in [-0.3, -0.25) is 14.5 Å². The van der Waals surface area contributed by atoms with Crippen LogP contribution in [0.15, 0.2) is 42.6 Å². The van der Waals surface area contributed by atoms with Crippen molar-refractivity contribution >= 4 is 34.2 Å². The number of aromatic amines is 1. The Morgan fingerprint density at radius 1 is 1.06 bits per heavy atom. The Morgan fingerprint density at radius 2 is 1.79 bits per heavy atom. The molecule has 0 saturated carbocycles. The summed E-state index contributed by atoms with van der Waals surface area (Å²) in [6, 6.07) is 11.2. The third-order valence-corrected chi connectivity index (χ3v) is 6.63. The fraction of sp³-hybridized carbons (Fsp3) is 0.385. The molecule has 0 bridgehead atoms. The lowest BCUT2D eigenvalue weighted by molar-refractivity contribution is -0.143. The molecule has 1 fully saturated rings. The van der Waals surface area contributed by atoms with Crippen molar-refractivity contribution in [2.24, 2.45) is 5.92 Å². The molecule has 1 aliphatic heterocycles. The van der Waals surface area contributed by atoms with Crippen molar-refractivity contribution in [1.82, 2.24) is 9.88 Å². The number of benzene rings is 2. The average molecular weight is 449 g/mol. The van der Waals surface area contributed by atoms with Crippen molar-refractivity contribution in [1.29, 1.82) is 0 Å². The summed E-state index contributed by atoms with van der Waals surface area (Å²) in [7, 11) is 0. The SMILES string of the molecule is Cc1cccc(N2CCN([C@@H](C(=O)O)c3c[nH]c4cc(NC(=O)C(C)C)ccc34)CC2)c1C. The number of hydrogen-bond donors (Lipinski definition) is 3. The van der Waals surface area contributed by atoms with E-state index in [2.05, 4.69) is 47.2 Å². The van der Waals surface area contributed by atoms with E-state index in [0.29, 0.717) is 18.8 Å². The van der Waals surface area contributed by atoms with E-state index in [9.17, 15) is 14.7 Å². The monoisotopic (exact) mass is 448 g/mol. The summed E-state index contributed by atoms with van der Waals surface area (Å²) in [5.74, 6) is -1.02.